The average Bonchev–Trinajstić information content (AvgIpc) is 3.23. The summed E-state index contributed by atoms with van der Waals surface area (Å²) in [6.07, 6.45) is 0. The van der Waals surface area contributed by atoms with Crippen LogP contribution in [0.3, 0.4) is 0 Å². The van der Waals surface area contributed by atoms with E-state index < -0.39 is 10.8 Å². The number of hydrogen-bond donors (Lipinski definition) is 1. The molecule has 8 heteroatoms. The fourth-order valence-electron chi connectivity index (χ4n) is 2.02. The van der Waals surface area contributed by atoms with Gasteiger partial charge in [-0.1, -0.05) is 23.4 Å². The first-order valence-electron chi connectivity index (χ1n) is 6.66. The van der Waals surface area contributed by atoms with Crippen LogP contribution >= 0.6 is 11.3 Å². The summed E-state index contributed by atoms with van der Waals surface area (Å²) in [4.78, 5) is 23.4. The lowest BCUT2D eigenvalue weighted by atomic mass is 10.1. The van der Waals surface area contributed by atoms with Crippen LogP contribution in [0.25, 0.3) is 10.6 Å². The quantitative estimate of drug-likeness (QED) is 0.572. The fourth-order valence-corrected chi connectivity index (χ4v) is 2.69. The Labute approximate surface area is 134 Å². The minimum absolute atomic E-state index is 0.0134. The molecule has 0 radical (unpaired) electrons. The number of amides is 1. The predicted molar refractivity (Wildman–Crippen MR) is 84.1 cm³/mol. The van der Waals surface area contributed by atoms with Gasteiger partial charge in [0.05, 0.1) is 16.3 Å². The van der Waals surface area contributed by atoms with E-state index in [9.17, 15) is 14.9 Å². The molecular formula is C15H11N3O4S. The molecule has 23 heavy (non-hydrogen) atoms. The Bertz CT molecular complexity index is 842. The van der Waals surface area contributed by atoms with Gasteiger partial charge in [0.15, 0.2) is 5.76 Å². The monoisotopic (exact) mass is 329 g/mol. The Morgan fingerprint density at radius 2 is 2.13 bits per heavy atom. The minimum atomic E-state index is -0.583. The van der Waals surface area contributed by atoms with Crippen molar-refractivity contribution in [2.45, 2.75) is 6.54 Å². The molecule has 0 spiro atoms. The van der Waals surface area contributed by atoms with Gasteiger partial charge in [-0.2, -0.15) is 0 Å². The third-order valence-corrected chi connectivity index (χ3v) is 3.98. The summed E-state index contributed by atoms with van der Waals surface area (Å²) in [5.41, 5.74) is 0.323. The second kappa shape index (κ2) is 6.41. The number of benzene rings is 1. The summed E-state index contributed by atoms with van der Waals surface area (Å²) < 4.78 is 5.21. The first-order valence-corrected chi connectivity index (χ1v) is 7.54. The molecule has 1 amide bonds. The van der Waals surface area contributed by atoms with Gasteiger partial charge in [-0.25, -0.2) is 0 Å². The molecule has 2 heterocycles. The standard InChI is InChI=1S/C15H11N3O4S/c19-15(11-4-1-2-5-12(11)18(20)21)16-9-10-8-13(22-17-10)14-6-3-7-23-14/h1-8H,9H2,(H,16,19). The predicted octanol–water partition coefficient (Wildman–Crippen LogP) is 3.24. The van der Waals surface area contributed by atoms with Crippen molar-refractivity contribution in [3.63, 3.8) is 0 Å². The topological polar surface area (TPSA) is 98.3 Å². The maximum Gasteiger partial charge on any atom is 0.282 e. The Morgan fingerprint density at radius 3 is 2.87 bits per heavy atom. The number of hydrogen-bond acceptors (Lipinski definition) is 6. The lowest BCUT2D eigenvalue weighted by Gasteiger charge is -2.03. The Morgan fingerprint density at radius 1 is 1.30 bits per heavy atom. The van der Waals surface area contributed by atoms with Crippen LogP contribution in [0.15, 0.2) is 52.4 Å². The molecule has 3 aromatic rings. The van der Waals surface area contributed by atoms with Gasteiger partial charge >= 0.3 is 0 Å². The zero-order chi connectivity index (χ0) is 16.2. The molecular weight excluding hydrogens is 318 g/mol. The summed E-state index contributed by atoms with van der Waals surface area (Å²) in [6.45, 7) is 0.125. The number of carbonyl (C=O) groups excluding carboxylic acids is 1. The molecule has 0 atom stereocenters. The average molecular weight is 329 g/mol. The van der Waals surface area contributed by atoms with Crippen molar-refractivity contribution in [2.75, 3.05) is 0 Å². The van der Waals surface area contributed by atoms with Gasteiger partial charge in [-0.3, -0.25) is 14.9 Å². The first-order chi connectivity index (χ1) is 11.1. The number of nitrogens with one attached hydrogen (secondary N) is 1. The smallest absolute Gasteiger partial charge is 0.282 e. The molecule has 0 bridgehead atoms. The lowest BCUT2D eigenvalue weighted by molar-refractivity contribution is -0.385. The van der Waals surface area contributed by atoms with Gasteiger partial charge in [0.1, 0.15) is 11.3 Å². The molecule has 0 unspecified atom stereocenters. The van der Waals surface area contributed by atoms with Gasteiger partial charge in [-0.15, -0.1) is 11.3 Å². The van der Waals surface area contributed by atoms with Gasteiger partial charge in [0.25, 0.3) is 11.6 Å². The van der Waals surface area contributed by atoms with Crippen LogP contribution in [0.5, 0.6) is 0 Å². The van der Waals surface area contributed by atoms with Crippen molar-refractivity contribution in [1.82, 2.24) is 10.5 Å². The van der Waals surface area contributed by atoms with Crippen LogP contribution in [-0.4, -0.2) is 16.0 Å². The summed E-state index contributed by atoms with van der Waals surface area (Å²) in [7, 11) is 0. The zero-order valence-electron chi connectivity index (χ0n) is 11.8. The molecule has 0 aliphatic carbocycles. The van der Waals surface area contributed by atoms with Crippen molar-refractivity contribution in [1.29, 1.82) is 0 Å². The summed E-state index contributed by atoms with van der Waals surface area (Å²) in [5.74, 6) is 0.0907. The van der Waals surface area contributed by atoms with Gasteiger partial charge in [0, 0.05) is 12.1 Å². The van der Waals surface area contributed by atoms with E-state index in [1.807, 2.05) is 17.5 Å². The van der Waals surface area contributed by atoms with Crippen LogP contribution in [0, 0.1) is 10.1 Å². The Hall–Kier alpha value is -3.00. The molecule has 2 aromatic heterocycles. The van der Waals surface area contributed by atoms with E-state index in [-0.39, 0.29) is 17.8 Å². The Balaban J connectivity index is 1.69. The lowest BCUT2D eigenvalue weighted by Crippen LogP contribution is -2.23. The van der Waals surface area contributed by atoms with Crippen LogP contribution in [0.4, 0.5) is 5.69 Å². The van der Waals surface area contributed by atoms with E-state index >= 15 is 0 Å². The van der Waals surface area contributed by atoms with Gasteiger partial charge in [0.2, 0.25) is 0 Å². The van der Waals surface area contributed by atoms with Crippen LogP contribution < -0.4 is 5.32 Å². The van der Waals surface area contributed by atoms with Crippen LogP contribution in [0.1, 0.15) is 16.1 Å². The van der Waals surface area contributed by atoms with E-state index in [2.05, 4.69) is 10.5 Å². The zero-order valence-corrected chi connectivity index (χ0v) is 12.6. The van der Waals surface area contributed by atoms with Crippen molar-refractivity contribution in [3.05, 3.63) is 69.2 Å². The third kappa shape index (κ3) is 3.27. The molecule has 3 rings (SSSR count). The maximum absolute atomic E-state index is 12.1. The van der Waals surface area contributed by atoms with Crippen LogP contribution in [0.2, 0.25) is 0 Å². The van der Waals surface area contributed by atoms with Crippen molar-refractivity contribution in [2.24, 2.45) is 0 Å². The molecule has 7 nitrogen and oxygen atoms in total. The van der Waals surface area contributed by atoms with Crippen molar-refractivity contribution >= 4 is 22.9 Å². The molecule has 0 fully saturated rings. The second-order valence-corrected chi connectivity index (χ2v) is 5.56. The Kier molecular flexibility index (Phi) is 4.15. The summed E-state index contributed by atoms with van der Waals surface area (Å²) >= 11 is 1.52. The number of nitro benzene ring substituents is 1. The third-order valence-electron chi connectivity index (χ3n) is 3.10. The first kappa shape index (κ1) is 14.9. The number of nitro groups is 1. The highest BCUT2D eigenvalue weighted by Gasteiger charge is 2.19. The molecule has 0 aliphatic heterocycles. The number of thiophene rings is 1. The number of aromatic nitrogens is 1. The van der Waals surface area contributed by atoms with Crippen molar-refractivity contribution in [3.8, 4) is 10.6 Å². The molecule has 1 N–H and O–H groups in total. The largest absolute Gasteiger partial charge is 0.355 e. The molecule has 0 saturated carbocycles. The number of rotatable bonds is 5. The number of carbonyl (C=O) groups is 1. The fraction of sp³-hybridized carbons (Fsp3) is 0.0667. The second-order valence-electron chi connectivity index (χ2n) is 4.62. The molecule has 116 valence electrons. The highest BCUT2D eigenvalue weighted by Crippen LogP contribution is 2.25. The van der Waals surface area contributed by atoms with E-state index in [1.54, 1.807) is 12.1 Å². The van der Waals surface area contributed by atoms with E-state index in [1.165, 1.54) is 29.5 Å². The van der Waals surface area contributed by atoms with Gasteiger partial charge < -0.3 is 9.84 Å². The van der Waals surface area contributed by atoms with E-state index in [4.69, 9.17) is 4.52 Å². The maximum atomic E-state index is 12.1. The number of nitrogens with zero attached hydrogens (tertiary/aromatic N) is 2. The highest BCUT2D eigenvalue weighted by atomic mass is 32.1. The summed E-state index contributed by atoms with van der Waals surface area (Å²) in [6, 6.07) is 11.3. The SMILES string of the molecule is O=C(NCc1cc(-c2cccs2)on1)c1ccccc1[N+](=O)[O-]. The molecule has 1 aromatic carbocycles. The molecule has 0 saturated heterocycles. The van der Waals surface area contributed by atoms with Gasteiger partial charge in [-0.05, 0) is 17.5 Å². The summed E-state index contributed by atoms with van der Waals surface area (Å²) in [5, 5.41) is 19.3. The van der Waals surface area contributed by atoms with Crippen LogP contribution in [-0.2, 0) is 6.54 Å². The highest BCUT2D eigenvalue weighted by molar-refractivity contribution is 7.13. The number of para-hydroxylation sites is 1. The minimum Gasteiger partial charge on any atom is -0.355 e. The van der Waals surface area contributed by atoms with Crippen molar-refractivity contribution < 1.29 is 14.2 Å². The van der Waals surface area contributed by atoms with E-state index in [0.29, 0.717) is 11.5 Å². The van der Waals surface area contributed by atoms with E-state index in [0.717, 1.165) is 4.88 Å². The normalized spacial score (nSPS) is 10.4. The molecule has 0 aliphatic rings.